The number of rotatable bonds is 3. The molecule has 0 spiro atoms. The van der Waals surface area contributed by atoms with Crippen LogP contribution in [0.3, 0.4) is 0 Å². The zero-order chi connectivity index (χ0) is 14.0. The summed E-state index contributed by atoms with van der Waals surface area (Å²) < 4.78 is 14.1. The van der Waals surface area contributed by atoms with E-state index in [-0.39, 0.29) is 17.2 Å². The molecule has 19 heavy (non-hydrogen) atoms. The molecule has 0 atom stereocenters. The largest absolute Gasteiger partial charge is 0.294 e. The molecular weight excluding hydrogens is 331 g/mol. The molecule has 0 heterocycles. The van der Waals surface area contributed by atoms with Crippen molar-refractivity contribution >= 4 is 33.3 Å². The standard InChI is InChI=1S/C15H11BrClFO/c1-9-2-4-12(16)11(6-9)15(19)8-10-3-5-13(17)14(18)7-10/h2-7H,8H2,1H3. The first-order chi connectivity index (χ1) is 8.97. The lowest BCUT2D eigenvalue weighted by Gasteiger charge is -2.06. The topological polar surface area (TPSA) is 17.1 Å². The number of halogens is 3. The van der Waals surface area contributed by atoms with Gasteiger partial charge in [0, 0.05) is 16.5 Å². The second-order valence-corrected chi connectivity index (χ2v) is 5.59. The van der Waals surface area contributed by atoms with Crippen LogP contribution in [0, 0.1) is 12.7 Å². The maximum atomic E-state index is 13.3. The van der Waals surface area contributed by atoms with Gasteiger partial charge in [0.2, 0.25) is 0 Å². The lowest BCUT2D eigenvalue weighted by atomic mass is 10.0. The summed E-state index contributed by atoms with van der Waals surface area (Å²) in [5.41, 5.74) is 2.23. The lowest BCUT2D eigenvalue weighted by molar-refractivity contribution is 0.0992. The van der Waals surface area contributed by atoms with Crippen molar-refractivity contribution in [2.45, 2.75) is 13.3 Å². The van der Waals surface area contributed by atoms with Crippen LogP contribution in [0.4, 0.5) is 4.39 Å². The molecule has 1 nitrogen and oxygen atoms in total. The van der Waals surface area contributed by atoms with Crippen molar-refractivity contribution in [2.24, 2.45) is 0 Å². The minimum absolute atomic E-state index is 0.0581. The summed E-state index contributed by atoms with van der Waals surface area (Å²) >= 11 is 8.97. The highest BCUT2D eigenvalue weighted by molar-refractivity contribution is 9.10. The average molecular weight is 342 g/mol. The Morgan fingerprint density at radius 3 is 2.68 bits per heavy atom. The minimum atomic E-state index is -0.504. The number of carbonyl (C=O) groups excluding carboxylic acids is 1. The maximum absolute atomic E-state index is 13.3. The van der Waals surface area contributed by atoms with Gasteiger partial charge in [-0.25, -0.2) is 4.39 Å². The monoisotopic (exact) mass is 340 g/mol. The summed E-state index contributed by atoms with van der Waals surface area (Å²) in [6.07, 6.45) is 0.149. The van der Waals surface area contributed by atoms with Gasteiger partial charge < -0.3 is 0 Å². The average Bonchev–Trinajstić information content (AvgIpc) is 2.36. The summed E-state index contributed by atoms with van der Waals surface area (Å²) in [6.45, 7) is 1.92. The summed E-state index contributed by atoms with van der Waals surface area (Å²) in [7, 11) is 0. The lowest BCUT2D eigenvalue weighted by Crippen LogP contribution is -2.05. The predicted octanol–water partition coefficient (Wildman–Crippen LogP) is 4.98. The second-order valence-electron chi connectivity index (χ2n) is 4.33. The van der Waals surface area contributed by atoms with Crippen molar-refractivity contribution in [3.8, 4) is 0 Å². The minimum Gasteiger partial charge on any atom is -0.294 e. The van der Waals surface area contributed by atoms with Crippen LogP contribution in [0.5, 0.6) is 0 Å². The fourth-order valence-electron chi connectivity index (χ4n) is 1.78. The molecule has 2 aromatic rings. The Hall–Kier alpha value is -1.19. The van der Waals surface area contributed by atoms with Crippen LogP contribution in [0.2, 0.25) is 5.02 Å². The molecular formula is C15H11BrClFO. The summed E-state index contributed by atoms with van der Waals surface area (Å²) in [4.78, 5) is 12.2. The highest BCUT2D eigenvalue weighted by Gasteiger charge is 2.12. The van der Waals surface area contributed by atoms with E-state index in [1.165, 1.54) is 12.1 Å². The molecule has 4 heteroatoms. The Kier molecular flexibility index (Phi) is 4.38. The number of benzene rings is 2. The van der Waals surface area contributed by atoms with E-state index >= 15 is 0 Å². The van der Waals surface area contributed by atoms with Crippen LogP contribution in [0.1, 0.15) is 21.5 Å². The SMILES string of the molecule is Cc1ccc(Br)c(C(=O)Cc2ccc(Cl)c(F)c2)c1. The first-order valence-corrected chi connectivity index (χ1v) is 6.88. The third-order valence-corrected chi connectivity index (χ3v) is 3.77. The fourth-order valence-corrected chi connectivity index (χ4v) is 2.37. The molecule has 2 aromatic carbocycles. The van der Waals surface area contributed by atoms with Gasteiger partial charge in [-0.05, 0) is 36.8 Å². The molecule has 0 aromatic heterocycles. The molecule has 2 rings (SSSR count). The van der Waals surface area contributed by atoms with E-state index in [0.717, 1.165) is 10.0 Å². The molecule has 0 saturated heterocycles. The summed E-state index contributed by atoms with van der Waals surface area (Å²) in [5, 5.41) is 0.0629. The molecule has 0 aliphatic carbocycles. The van der Waals surface area contributed by atoms with E-state index in [2.05, 4.69) is 15.9 Å². The van der Waals surface area contributed by atoms with Gasteiger partial charge in [-0.2, -0.15) is 0 Å². The third-order valence-electron chi connectivity index (χ3n) is 2.77. The fraction of sp³-hybridized carbons (Fsp3) is 0.133. The Labute approximate surface area is 124 Å². The molecule has 0 N–H and O–H groups in total. The molecule has 0 radical (unpaired) electrons. The zero-order valence-corrected chi connectivity index (χ0v) is 12.6. The van der Waals surface area contributed by atoms with Gasteiger partial charge in [-0.3, -0.25) is 4.79 Å². The van der Waals surface area contributed by atoms with Crippen molar-refractivity contribution in [3.05, 3.63) is 68.4 Å². The van der Waals surface area contributed by atoms with Crippen molar-refractivity contribution < 1.29 is 9.18 Å². The van der Waals surface area contributed by atoms with E-state index < -0.39 is 5.82 Å². The van der Waals surface area contributed by atoms with Crippen LogP contribution in [0.25, 0.3) is 0 Å². The zero-order valence-electron chi connectivity index (χ0n) is 10.2. The van der Waals surface area contributed by atoms with Gasteiger partial charge in [0.15, 0.2) is 5.78 Å². The highest BCUT2D eigenvalue weighted by Crippen LogP contribution is 2.21. The Morgan fingerprint density at radius 2 is 2.00 bits per heavy atom. The van der Waals surface area contributed by atoms with Gasteiger partial charge in [0.25, 0.3) is 0 Å². The van der Waals surface area contributed by atoms with Gasteiger partial charge in [-0.15, -0.1) is 0 Å². The van der Waals surface area contributed by atoms with E-state index in [1.807, 2.05) is 25.1 Å². The predicted molar refractivity (Wildman–Crippen MR) is 78.3 cm³/mol. The molecule has 0 fully saturated rings. The molecule has 0 bridgehead atoms. The van der Waals surface area contributed by atoms with Gasteiger partial charge in [-0.1, -0.05) is 45.2 Å². The van der Waals surface area contributed by atoms with E-state index in [1.54, 1.807) is 6.07 Å². The quantitative estimate of drug-likeness (QED) is 0.720. The third kappa shape index (κ3) is 3.43. The maximum Gasteiger partial charge on any atom is 0.168 e. The van der Waals surface area contributed by atoms with Crippen molar-refractivity contribution in [2.75, 3.05) is 0 Å². The van der Waals surface area contributed by atoms with Crippen molar-refractivity contribution in [1.29, 1.82) is 0 Å². The Balaban J connectivity index is 2.25. The summed E-state index contributed by atoms with van der Waals surface area (Å²) in [6, 6.07) is 9.99. The number of Topliss-reactive ketones (excluding diaryl/α,β-unsaturated/α-hetero) is 1. The number of hydrogen-bond donors (Lipinski definition) is 0. The first kappa shape index (κ1) is 14.2. The molecule has 0 unspecified atom stereocenters. The number of carbonyl (C=O) groups is 1. The second kappa shape index (κ2) is 5.85. The summed E-state index contributed by atoms with van der Waals surface area (Å²) in [5.74, 6) is -0.562. The Bertz CT molecular complexity index is 640. The van der Waals surface area contributed by atoms with E-state index in [9.17, 15) is 9.18 Å². The number of hydrogen-bond acceptors (Lipinski definition) is 1. The number of ketones is 1. The van der Waals surface area contributed by atoms with Crippen LogP contribution >= 0.6 is 27.5 Å². The van der Waals surface area contributed by atoms with Gasteiger partial charge >= 0.3 is 0 Å². The smallest absolute Gasteiger partial charge is 0.168 e. The van der Waals surface area contributed by atoms with Gasteiger partial charge in [0.05, 0.1) is 5.02 Å². The molecule has 0 amide bonds. The highest BCUT2D eigenvalue weighted by atomic mass is 79.9. The first-order valence-electron chi connectivity index (χ1n) is 5.70. The van der Waals surface area contributed by atoms with E-state index in [4.69, 9.17) is 11.6 Å². The van der Waals surface area contributed by atoms with Gasteiger partial charge in [0.1, 0.15) is 5.82 Å². The van der Waals surface area contributed by atoms with Crippen molar-refractivity contribution in [3.63, 3.8) is 0 Å². The molecule has 0 saturated carbocycles. The Morgan fingerprint density at radius 1 is 1.26 bits per heavy atom. The van der Waals surface area contributed by atoms with Crippen molar-refractivity contribution in [1.82, 2.24) is 0 Å². The number of aryl methyl sites for hydroxylation is 1. The van der Waals surface area contributed by atoms with Crippen LogP contribution < -0.4 is 0 Å². The van der Waals surface area contributed by atoms with Crippen LogP contribution in [-0.2, 0) is 6.42 Å². The normalized spacial score (nSPS) is 10.5. The molecule has 0 aliphatic heterocycles. The molecule has 98 valence electrons. The van der Waals surface area contributed by atoms with Crippen LogP contribution in [-0.4, -0.2) is 5.78 Å². The van der Waals surface area contributed by atoms with E-state index in [0.29, 0.717) is 11.1 Å². The molecule has 0 aliphatic rings. The van der Waals surface area contributed by atoms with Crippen LogP contribution in [0.15, 0.2) is 40.9 Å².